The van der Waals surface area contributed by atoms with E-state index in [4.69, 9.17) is 0 Å². The second kappa shape index (κ2) is 8.08. The predicted octanol–water partition coefficient (Wildman–Crippen LogP) is 2.50. The summed E-state index contributed by atoms with van der Waals surface area (Å²) in [6, 6.07) is 10.9. The zero-order valence-corrected chi connectivity index (χ0v) is 16.5. The number of nitrogens with zero attached hydrogens (tertiary/aromatic N) is 4. The fourth-order valence-electron chi connectivity index (χ4n) is 2.91. The molecule has 2 amide bonds. The van der Waals surface area contributed by atoms with Gasteiger partial charge < -0.3 is 10.6 Å². The van der Waals surface area contributed by atoms with Crippen molar-refractivity contribution in [2.24, 2.45) is 7.05 Å². The minimum absolute atomic E-state index is 0.148. The van der Waals surface area contributed by atoms with E-state index in [1.165, 1.54) is 0 Å². The Morgan fingerprint density at radius 2 is 1.82 bits per heavy atom. The van der Waals surface area contributed by atoms with Gasteiger partial charge in [0.05, 0.1) is 11.4 Å². The summed E-state index contributed by atoms with van der Waals surface area (Å²) < 4.78 is 3.35. The molecule has 8 heteroatoms. The van der Waals surface area contributed by atoms with E-state index >= 15 is 0 Å². The summed E-state index contributed by atoms with van der Waals surface area (Å²) in [5.41, 5.74) is 3.86. The van der Waals surface area contributed by atoms with Gasteiger partial charge >= 0.3 is 0 Å². The number of hydrogen-bond acceptors (Lipinski definition) is 4. The minimum atomic E-state index is -0.315. The zero-order chi connectivity index (χ0) is 20.3. The highest BCUT2D eigenvalue weighted by Gasteiger charge is 2.18. The van der Waals surface area contributed by atoms with Crippen LogP contribution >= 0.6 is 0 Å². The fourth-order valence-corrected chi connectivity index (χ4v) is 2.91. The monoisotopic (exact) mass is 380 g/mol. The third-order valence-electron chi connectivity index (χ3n) is 4.62. The molecule has 1 aromatic carbocycles. The molecule has 0 radical (unpaired) electrons. The van der Waals surface area contributed by atoms with Gasteiger partial charge in [0.15, 0.2) is 5.69 Å². The van der Waals surface area contributed by atoms with Crippen molar-refractivity contribution in [1.82, 2.24) is 24.9 Å². The number of anilines is 1. The summed E-state index contributed by atoms with van der Waals surface area (Å²) in [5, 5.41) is 14.4. The van der Waals surface area contributed by atoms with Crippen molar-refractivity contribution in [3.05, 3.63) is 59.0 Å². The molecule has 2 aromatic heterocycles. The average molecular weight is 380 g/mol. The Morgan fingerprint density at radius 3 is 2.43 bits per heavy atom. The quantitative estimate of drug-likeness (QED) is 0.687. The van der Waals surface area contributed by atoms with Gasteiger partial charge in [-0.3, -0.25) is 14.3 Å². The number of benzene rings is 1. The van der Waals surface area contributed by atoms with Crippen LogP contribution in [0.3, 0.4) is 0 Å². The van der Waals surface area contributed by atoms with Gasteiger partial charge in [0.25, 0.3) is 5.91 Å². The Bertz CT molecular complexity index is 1000. The van der Waals surface area contributed by atoms with Crippen LogP contribution in [-0.4, -0.2) is 31.4 Å². The number of carbonyl (C=O) groups is 2. The Balaban J connectivity index is 1.84. The first kappa shape index (κ1) is 19.3. The van der Waals surface area contributed by atoms with Gasteiger partial charge in [-0.1, -0.05) is 25.1 Å². The van der Waals surface area contributed by atoms with Crippen LogP contribution in [-0.2, 0) is 18.4 Å². The Kier molecular flexibility index (Phi) is 5.58. The summed E-state index contributed by atoms with van der Waals surface area (Å²) >= 11 is 0. The maximum atomic E-state index is 12.7. The first-order valence-electron chi connectivity index (χ1n) is 9.13. The lowest BCUT2D eigenvalue weighted by Crippen LogP contribution is -2.24. The van der Waals surface area contributed by atoms with Crippen LogP contribution in [0.25, 0.3) is 5.69 Å². The van der Waals surface area contributed by atoms with Crippen molar-refractivity contribution in [2.45, 2.75) is 33.7 Å². The largest absolute Gasteiger partial charge is 0.346 e. The first-order chi connectivity index (χ1) is 13.4. The van der Waals surface area contributed by atoms with Crippen molar-refractivity contribution in [3.8, 4) is 5.69 Å². The SMILES string of the molecule is CCC(=O)Nc1cc(C(=O)NCc2c(C)nn(C)c2C)nn1-c1ccccc1. The predicted molar refractivity (Wildman–Crippen MR) is 106 cm³/mol. The molecule has 3 aromatic rings. The van der Waals surface area contributed by atoms with E-state index in [0.717, 1.165) is 22.6 Å². The number of carbonyl (C=O) groups excluding carboxylic acids is 2. The maximum absolute atomic E-state index is 12.7. The maximum Gasteiger partial charge on any atom is 0.272 e. The molecule has 0 fully saturated rings. The Morgan fingerprint density at radius 1 is 1.11 bits per heavy atom. The van der Waals surface area contributed by atoms with Crippen LogP contribution in [0.4, 0.5) is 5.82 Å². The molecular formula is C20H24N6O2. The number of nitrogens with one attached hydrogen (secondary N) is 2. The van der Waals surface area contributed by atoms with E-state index in [0.29, 0.717) is 18.8 Å². The summed E-state index contributed by atoms with van der Waals surface area (Å²) in [5.74, 6) is -0.00748. The lowest BCUT2D eigenvalue weighted by Gasteiger charge is -2.07. The van der Waals surface area contributed by atoms with Crippen molar-refractivity contribution >= 4 is 17.6 Å². The smallest absolute Gasteiger partial charge is 0.272 e. The molecule has 0 unspecified atom stereocenters. The van der Waals surface area contributed by atoms with Gasteiger partial charge in [-0.2, -0.15) is 10.2 Å². The number of amides is 2. The van der Waals surface area contributed by atoms with E-state index < -0.39 is 0 Å². The second-order valence-corrected chi connectivity index (χ2v) is 6.52. The van der Waals surface area contributed by atoms with Gasteiger partial charge in [0, 0.05) is 37.3 Å². The lowest BCUT2D eigenvalue weighted by atomic mass is 10.2. The molecule has 0 aliphatic heterocycles. The van der Waals surface area contributed by atoms with Crippen LogP contribution < -0.4 is 10.6 Å². The van der Waals surface area contributed by atoms with Crippen LogP contribution in [0.1, 0.15) is 40.8 Å². The van der Waals surface area contributed by atoms with E-state index in [1.807, 2.05) is 51.2 Å². The van der Waals surface area contributed by atoms with Crippen molar-refractivity contribution < 1.29 is 9.59 Å². The summed E-state index contributed by atoms with van der Waals surface area (Å²) in [7, 11) is 1.87. The molecule has 0 saturated heterocycles. The molecule has 28 heavy (non-hydrogen) atoms. The van der Waals surface area contributed by atoms with E-state index in [9.17, 15) is 9.59 Å². The van der Waals surface area contributed by atoms with Crippen molar-refractivity contribution in [3.63, 3.8) is 0 Å². The highest BCUT2D eigenvalue weighted by molar-refractivity contribution is 5.95. The highest BCUT2D eigenvalue weighted by Crippen LogP contribution is 2.18. The average Bonchev–Trinajstić information content (AvgIpc) is 3.21. The topological polar surface area (TPSA) is 93.8 Å². The third kappa shape index (κ3) is 3.95. The van der Waals surface area contributed by atoms with Gasteiger partial charge in [-0.05, 0) is 26.0 Å². The first-order valence-corrected chi connectivity index (χ1v) is 9.13. The fraction of sp³-hybridized carbons (Fsp3) is 0.300. The van der Waals surface area contributed by atoms with Crippen molar-refractivity contribution in [1.29, 1.82) is 0 Å². The molecule has 2 heterocycles. The Labute approximate surface area is 163 Å². The van der Waals surface area contributed by atoms with Gasteiger partial charge in [0.1, 0.15) is 5.82 Å². The normalized spacial score (nSPS) is 10.7. The molecule has 0 atom stereocenters. The van der Waals surface area contributed by atoms with Crippen LogP contribution in [0.15, 0.2) is 36.4 Å². The number of hydrogen-bond donors (Lipinski definition) is 2. The number of aryl methyl sites for hydroxylation is 2. The number of aromatic nitrogens is 4. The molecule has 146 valence electrons. The molecule has 0 spiro atoms. The molecule has 0 bridgehead atoms. The summed E-state index contributed by atoms with van der Waals surface area (Å²) in [4.78, 5) is 24.5. The summed E-state index contributed by atoms with van der Waals surface area (Å²) in [6.45, 7) is 6.00. The molecule has 0 saturated carbocycles. The molecule has 0 aliphatic carbocycles. The van der Waals surface area contributed by atoms with Gasteiger partial charge in [-0.15, -0.1) is 0 Å². The van der Waals surface area contributed by atoms with Crippen LogP contribution in [0.2, 0.25) is 0 Å². The zero-order valence-electron chi connectivity index (χ0n) is 16.5. The van der Waals surface area contributed by atoms with Gasteiger partial charge in [0.2, 0.25) is 5.91 Å². The van der Waals surface area contributed by atoms with E-state index in [-0.39, 0.29) is 17.5 Å². The standard InChI is InChI=1S/C20H24N6O2/c1-5-19(27)22-18-11-17(24-26(18)15-9-7-6-8-10-15)20(28)21-12-16-13(2)23-25(4)14(16)3/h6-11H,5,12H2,1-4H3,(H,21,28)(H,22,27). The van der Waals surface area contributed by atoms with E-state index in [2.05, 4.69) is 20.8 Å². The third-order valence-corrected chi connectivity index (χ3v) is 4.62. The van der Waals surface area contributed by atoms with Crippen LogP contribution in [0, 0.1) is 13.8 Å². The molecule has 0 aliphatic rings. The number of rotatable bonds is 6. The molecule has 8 nitrogen and oxygen atoms in total. The second-order valence-electron chi connectivity index (χ2n) is 6.52. The minimum Gasteiger partial charge on any atom is -0.346 e. The molecular weight excluding hydrogens is 356 g/mol. The summed E-state index contributed by atoms with van der Waals surface area (Å²) in [6.07, 6.45) is 0.334. The van der Waals surface area contributed by atoms with Crippen LogP contribution in [0.5, 0.6) is 0 Å². The number of para-hydroxylation sites is 1. The van der Waals surface area contributed by atoms with Gasteiger partial charge in [-0.25, -0.2) is 4.68 Å². The van der Waals surface area contributed by atoms with Crippen molar-refractivity contribution in [2.75, 3.05) is 5.32 Å². The Hall–Kier alpha value is -3.42. The molecule has 2 N–H and O–H groups in total. The highest BCUT2D eigenvalue weighted by atomic mass is 16.2. The lowest BCUT2D eigenvalue weighted by molar-refractivity contribution is -0.115. The molecule has 3 rings (SSSR count). The van der Waals surface area contributed by atoms with E-state index in [1.54, 1.807) is 22.4 Å².